The van der Waals surface area contributed by atoms with E-state index in [0.29, 0.717) is 13.0 Å². The zero-order valence-electron chi connectivity index (χ0n) is 11.3. The van der Waals surface area contributed by atoms with Gasteiger partial charge in [0.25, 0.3) is 0 Å². The van der Waals surface area contributed by atoms with Crippen molar-refractivity contribution in [1.29, 1.82) is 0 Å². The molecular weight excluding hydrogens is 264 g/mol. The molecule has 0 aliphatic rings. The zero-order valence-corrected chi connectivity index (χ0v) is 12.1. The van der Waals surface area contributed by atoms with E-state index >= 15 is 0 Å². The summed E-state index contributed by atoms with van der Waals surface area (Å²) in [6.45, 7) is 3.95. The summed E-state index contributed by atoms with van der Waals surface area (Å²) in [5.41, 5.74) is 2.14. The summed E-state index contributed by atoms with van der Waals surface area (Å²) in [7, 11) is -3.33. The Balaban J connectivity index is 2.34. The van der Waals surface area contributed by atoms with Crippen LogP contribution in [0.4, 0.5) is 0 Å². The molecule has 0 aliphatic heterocycles. The number of amides is 1. The van der Waals surface area contributed by atoms with Gasteiger partial charge in [0.15, 0.2) is 0 Å². The molecule has 106 valence electrons. The minimum atomic E-state index is -3.33. The Kier molecular flexibility index (Phi) is 5.98. The van der Waals surface area contributed by atoms with Crippen LogP contribution in [-0.4, -0.2) is 26.6 Å². The average molecular weight is 284 g/mol. The number of nitrogens with one attached hydrogen (secondary N) is 2. The van der Waals surface area contributed by atoms with Crippen molar-refractivity contribution >= 4 is 15.9 Å². The van der Waals surface area contributed by atoms with Gasteiger partial charge in [0.2, 0.25) is 15.9 Å². The highest BCUT2D eigenvalue weighted by molar-refractivity contribution is 7.89. The number of sulfonamides is 1. The first kappa shape index (κ1) is 15.7. The quantitative estimate of drug-likeness (QED) is 0.782. The van der Waals surface area contributed by atoms with Crippen LogP contribution in [0.25, 0.3) is 0 Å². The van der Waals surface area contributed by atoms with E-state index in [2.05, 4.69) is 10.0 Å². The molecule has 0 unspecified atom stereocenters. The van der Waals surface area contributed by atoms with Gasteiger partial charge in [-0.1, -0.05) is 36.8 Å². The van der Waals surface area contributed by atoms with Gasteiger partial charge in [-0.15, -0.1) is 0 Å². The largest absolute Gasteiger partial charge is 0.351 e. The van der Waals surface area contributed by atoms with Gasteiger partial charge < -0.3 is 5.32 Å². The highest BCUT2D eigenvalue weighted by Gasteiger charge is 2.10. The van der Waals surface area contributed by atoms with Crippen LogP contribution < -0.4 is 10.0 Å². The summed E-state index contributed by atoms with van der Waals surface area (Å²) in [5, 5.41) is 2.67. The van der Waals surface area contributed by atoms with Gasteiger partial charge in [0, 0.05) is 6.54 Å². The average Bonchev–Trinajstić information content (AvgIpc) is 2.36. The fourth-order valence-electron chi connectivity index (χ4n) is 1.49. The molecule has 19 heavy (non-hydrogen) atoms. The Morgan fingerprint density at radius 1 is 1.21 bits per heavy atom. The van der Waals surface area contributed by atoms with Gasteiger partial charge in [0.05, 0.1) is 12.3 Å². The molecule has 0 aromatic heterocycles. The van der Waals surface area contributed by atoms with Crippen molar-refractivity contribution in [1.82, 2.24) is 10.0 Å². The van der Waals surface area contributed by atoms with Crippen LogP contribution >= 0.6 is 0 Å². The summed E-state index contributed by atoms with van der Waals surface area (Å²) < 4.78 is 25.0. The van der Waals surface area contributed by atoms with Gasteiger partial charge in [-0.25, -0.2) is 13.1 Å². The van der Waals surface area contributed by atoms with E-state index < -0.39 is 10.0 Å². The number of aryl methyl sites for hydroxylation is 1. The lowest BCUT2D eigenvalue weighted by molar-refractivity contribution is -0.120. The van der Waals surface area contributed by atoms with Crippen LogP contribution in [-0.2, 0) is 21.4 Å². The van der Waals surface area contributed by atoms with Gasteiger partial charge in [-0.05, 0) is 18.9 Å². The third-order valence-corrected chi connectivity index (χ3v) is 4.07. The van der Waals surface area contributed by atoms with Crippen LogP contribution in [0, 0.1) is 6.92 Å². The van der Waals surface area contributed by atoms with E-state index in [9.17, 15) is 13.2 Å². The molecule has 0 spiro atoms. The number of hydrogen-bond acceptors (Lipinski definition) is 3. The van der Waals surface area contributed by atoms with Crippen molar-refractivity contribution in [2.45, 2.75) is 26.8 Å². The molecule has 0 heterocycles. The molecule has 0 fully saturated rings. The van der Waals surface area contributed by atoms with E-state index in [0.717, 1.165) is 11.1 Å². The summed E-state index contributed by atoms with van der Waals surface area (Å²) >= 11 is 0. The predicted molar refractivity (Wildman–Crippen MR) is 75.1 cm³/mol. The molecule has 0 bridgehead atoms. The first-order valence-electron chi connectivity index (χ1n) is 6.22. The summed E-state index contributed by atoms with van der Waals surface area (Å²) in [4.78, 5) is 11.5. The molecule has 0 atom stereocenters. The van der Waals surface area contributed by atoms with Crippen molar-refractivity contribution in [3.63, 3.8) is 0 Å². The van der Waals surface area contributed by atoms with Crippen molar-refractivity contribution in [2.24, 2.45) is 0 Å². The lowest BCUT2D eigenvalue weighted by Crippen LogP contribution is -2.37. The Morgan fingerprint density at radius 3 is 2.42 bits per heavy atom. The van der Waals surface area contributed by atoms with Gasteiger partial charge in [-0.3, -0.25) is 4.79 Å². The van der Waals surface area contributed by atoms with Crippen LogP contribution in [0.1, 0.15) is 24.5 Å². The van der Waals surface area contributed by atoms with Crippen molar-refractivity contribution < 1.29 is 13.2 Å². The molecule has 1 aromatic carbocycles. The molecule has 2 N–H and O–H groups in total. The van der Waals surface area contributed by atoms with E-state index in [4.69, 9.17) is 0 Å². The maximum Gasteiger partial charge on any atom is 0.235 e. The maximum absolute atomic E-state index is 11.5. The van der Waals surface area contributed by atoms with Crippen LogP contribution in [0.15, 0.2) is 24.3 Å². The molecule has 0 aliphatic carbocycles. The molecule has 5 nitrogen and oxygen atoms in total. The standard InChI is InChI=1S/C13H20N2O3S/c1-3-8-19(17,18)15-10-13(16)14-9-12-6-4-11(2)5-7-12/h4-7,15H,3,8-10H2,1-2H3,(H,14,16). The molecule has 1 amide bonds. The topological polar surface area (TPSA) is 75.3 Å². The number of rotatable bonds is 7. The number of benzene rings is 1. The van der Waals surface area contributed by atoms with Crippen LogP contribution in [0.3, 0.4) is 0 Å². The molecule has 0 radical (unpaired) electrons. The number of carbonyl (C=O) groups is 1. The lowest BCUT2D eigenvalue weighted by Gasteiger charge is -2.07. The fourth-order valence-corrected chi connectivity index (χ4v) is 2.52. The molecule has 0 saturated carbocycles. The lowest BCUT2D eigenvalue weighted by atomic mass is 10.1. The Hall–Kier alpha value is -1.40. The first-order valence-corrected chi connectivity index (χ1v) is 7.88. The monoisotopic (exact) mass is 284 g/mol. The molecule has 1 aromatic rings. The van der Waals surface area contributed by atoms with Gasteiger partial charge >= 0.3 is 0 Å². The van der Waals surface area contributed by atoms with Crippen molar-refractivity contribution in [3.05, 3.63) is 35.4 Å². The van der Waals surface area contributed by atoms with Crippen molar-refractivity contribution in [3.8, 4) is 0 Å². The second-order valence-corrected chi connectivity index (χ2v) is 6.33. The SMILES string of the molecule is CCCS(=O)(=O)NCC(=O)NCc1ccc(C)cc1. The van der Waals surface area contributed by atoms with Crippen LogP contribution in [0.5, 0.6) is 0 Å². The number of hydrogen-bond donors (Lipinski definition) is 2. The maximum atomic E-state index is 11.5. The third-order valence-electron chi connectivity index (χ3n) is 2.54. The summed E-state index contributed by atoms with van der Waals surface area (Å²) in [6.07, 6.45) is 0.528. The first-order chi connectivity index (χ1) is 8.93. The molecular formula is C13H20N2O3S. The van der Waals surface area contributed by atoms with E-state index in [1.54, 1.807) is 6.92 Å². The van der Waals surface area contributed by atoms with Gasteiger partial charge in [-0.2, -0.15) is 0 Å². The zero-order chi connectivity index (χ0) is 14.3. The van der Waals surface area contributed by atoms with Gasteiger partial charge in [0.1, 0.15) is 0 Å². The second-order valence-electron chi connectivity index (χ2n) is 4.40. The van der Waals surface area contributed by atoms with Crippen LogP contribution in [0.2, 0.25) is 0 Å². The Bertz CT molecular complexity index is 509. The highest BCUT2D eigenvalue weighted by Crippen LogP contribution is 2.02. The Morgan fingerprint density at radius 2 is 1.84 bits per heavy atom. The third kappa shape index (κ3) is 6.35. The fraction of sp³-hybridized carbons (Fsp3) is 0.462. The molecule has 0 saturated heterocycles. The molecule has 1 rings (SSSR count). The number of carbonyl (C=O) groups excluding carboxylic acids is 1. The Labute approximate surface area is 114 Å². The van der Waals surface area contributed by atoms with E-state index in [1.165, 1.54) is 0 Å². The smallest absolute Gasteiger partial charge is 0.235 e. The predicted octanol–water partition coefficient (Wildman–Crippen LogP) is 0.941. The normalized spacial score (nSPS) is 11.3. The summed E-state index contributed by atoms with van der Waals surface area (Å²) in [6, 6.07) is 7.78. The summed E-state index contributed by atoms with van der Waals surface area (Å²) in [5.74, 6) is -0.293. The van der Waals surface area contributed by atoms with Crippen molar-refractivity contribution in [2.75, 3.05) is 12.3 Å². The molecule has 6 heteroatoms. The highest BCUT2D eigenvalue weighted by atomic mass is 32.2. The minimum absolute atomic E-state index is 0.0399. The van der Waals surface area contributed by atoms with E-state index in [-0.39, 0.29) is 18.2 Å². The minimum Gasteiger partial charge on any atom is -0.351 e. The second kappa shape index (κ2) is 7.25. The van der Waals surface area contributed by atoms with E-state index in [1.807, 2.05) is 31.2 Å².